The van der Waals surface area contributed by atoms with Crippen molar-refractivity contribution in [3.05, 3.63) is 69.7 Å². The van der Waals surface area contributed by atoms with Crippen molar-refractivity contribution in [1.82, 2.24) is 19.6 Å². The first-order valence-electron chi connectivity index (χ1n) is 14.3. The van der Waals surface area contributed by atoms with E-state index in [0.29, 0.717) is 0 Å². The third-order valence-electron chi connectivity index (χ3n) is 7.49. The molecule has 0 bridgehead atoms. The SMILES string of the molecule is Cl.Cl.Cl.Cl.Clc1ccc(CN2CCCN(CCCSSCCCN3CCCN(Cc4ccc(Cl)cc4)CC3)CC2)cc1. The van der Waals surface area contributed by atoms with Crippen LogP contribution in [0.25, 0.3) is 0 Å². The summed E-state index contributed by atoms with van der Waals surface area (Å²) in [5, 5.41) is 1.64. The number of hydrogen-bond acceptors (Lipinski definition) is 6. The maximum atomic E-state index is 6.03. The highest BCUT2D eigenvalue weighted by Gasteiger charge is 2.16. The van der Waals surface area contributed by atoms with E-state index in [4.69, 9.17) is 23.2 Å². The molecular formula is C30H48Cl6N4S2. The van der Waals surface area contributed by atoms with E-state index in [2.05, 4.69) is 65.5 Å². The van der Waals surface area contributed by atoms with Gasteiger partial charge >= 0.3 is 0 Å². The molecule has 2 fully saturated rings. The van der Waals surface area contributed by atoms with Gasteiger partial charge in [-0.15, -0.1) is 49.6 Å². The van der Waals surface area contributed by atoms with E-state index in [-0.39, 0.29) is 49.6 Å². The number of nitrogens with zero attached hydrogens (tertiary/aromatic N) is 4. The molecule has 2 aliphatic rings. The van der Waals surface area contributed by atoms with Gasteiger partial charge in [0.25, 0.3) is 0 Å². The lowest BCUT2D eigenvalue weighted by Crippen LogP contribution is -2.31. The van der Waals surface area contributed by atoms with Gasteiger partial charge in [0.1, 0.15) is 0 Å². The van der Waals surface area contributed by atoms with E-state index in [1.807, 2.05) is 24.3 Å². The zero-order valence-electron chi connectivity index (χ0n) is 24.3. The number of hydrogen-bond donors (Lipinski definition) is 0. The summed E-state index contributed by atoms with van der Waals surface area (Å²) in [6.45, 7) is 14.1. The van der Waals surface area contributed by atoms with Crippen molar-refractivity contribution in [2.45, 2.75) is 38.8 Å². The first kappa shape index (κ1) is 42.7. The van der Waals surface area contributed by atoms with Gasteiger partial charge < -0.3 is 9.80 Å². The lowest BCUT2D eigenvalue weighted by atomic mass is 10.2. The first-order valence-corrected chi connectivity index (χ1v) is 17.5. The van der Waals surface area contributed by atoms with Gasteiger partial charge in [-0.05, 0) is 100 Å². The summed E-state index contributed by atoms with van der Waals surface area (Å²) in [7, 11) is 4.15. The summed E-state index contributed by atoms with van der Waals surface area (Å²) in [6, 6.07) is 16.6. The Morgan fingerprint density at radius 2 is 0.810 bits per heavy atom. The van der Waals surface area contributed by atoms with Crippen LogP contribution in [0.3, 0.4) is 0 Å². The molecule has 0 spiro atoms. The fourth-order valence-electron chi connectivity index (χ4n) is 5.32. The van der Waals surface area contributed by atoms with Crippen molar-refractivity contribution < 1.29 is 0 Å². The first-order chi connectivity index (χ1) is 18.6. The normalized spacial score (nSPS) is 17.1. The second kappa shape index (κ2) is 24.9. The molecule has 2 aliphatic heterocycles. The van der Waals surface area contributed by atoms with Gasteiger partial charge in [-0.1, -0.05) is 69.1 Å². The summed E-state index contributed by atoms with van der Waals surface area (Å²) in [4.78, 5) is 10.5. The Morgan fingerprint density at radius 1 is 0.476 bits per heavy atom. The zero-order valence-corrected chi connectivity index (χ0v) is 30.8. The largest absolute Gasteiger partial charge is 0.302 e. The highest BCUT2D eigenvalue weighted by atomic mass is 35.5. The molecule has 2 heterocycles. The Kier molecular flexibility index (Phi) is 25.3. The summed E-state index contributed by atoms with van der Waals surface area (Å²) >= 11 is 12.1. The van der Waals surface area contributed by atoms with Crippen molar-refractivity contribution >= 4 is 94.4 Å². The maximum Gasteiger partial charge on any atom is 0.0406 e. The molecule has 42 heavy (non-hydrogen) atoms. The van der Waals surface area contributed by atoms with Crippen molar-refractivity contribution in [1.29, 1.82) is 0 Å². The van der Waals surface area contributed by atoms with Gasteiger partial charge in [0.15, 0.2) is 0 Å². The number of benzene rings is 2. The third kappa shape index (κ3) is 16.9. The second-order valence-corrected chi connectivity index (χ2v) is 14.1. The Hall–Kier alpha value is 0.720. The molecule has 0 aliphatic carbocycles. The minimum atomic E-state index is 0. The second-order valence-electron chi connectivity index (χ2n) is 10.5. The third-order valence-corrected chi connectivity index (χ3v) is 10.6. The predicted octanol–water partition coefficient (Wildman–Crippen LogP) is 8.56. The zero-order chi connectivity index (χ0) is 26.4. The van der Waals surface area contributed by atoms with E-state index >= 15 is 0 Å². The highest BCUT2D eigenvalue weighted by Crippen LogP contribution is 2.23. The number of rotatable bonds is 13. The smallest absolute Gasteiger partial charge is 0.0406 e. The van der Waals surface area contributed by atoms with Crippen LogP contribution in [0.15, 0.2) is 48.5 Å². The van der Waals surface area contributed by atoms with Crippen LogP contribution >= 0.6 is 94.4 Å². The van der Waals surface area contributed by atoms with Crippen LogP contribution in [0.4, 0.5) is 0 Å². The van der Waals surface area contributed by atoms with Crippen molar-refractivity contribution in [2.24, 2.45) is 0 Å². The van der Waals surface area contributed by atoms with Crippen LogP contribution in [0.5, 0.6) is 0 Å². The molecule has 4 nitrogen and oxygen atoms in total. The summed E-state index contributed by atoms with van der Waals surface area (Å²) in [5.41, 5.74) is 2.73. The van der Waals surface area contributed by atoms with Gasteiger partial charge in [0.2, 0.25) is 0 Å². The molecular weight excluding hydrogens is 693 g/mol. The molecule has 242 valence electrons. The van der Waals surface area contributed by atoms with Gasteiger partial charge in [0.05, 0.1) is 0 Å². The lowest BCUT2D eigenvalue weighted by Gasteiger charge is -2.22. The van der Waals surface area contributed by atoms with Crippen LogP contribution < -0.4 is 0 Å². The Morgan fingerprint density at radius 3 is 1.19 bits per heavy atom. The molecule has 12 heteroatoms. The molecule has 2 aromatic rings. The van der Waals surface area contributed by atoms with E-state index in [1.165, 1.54) is 114 Å². The molecule has 0 saturated carbocycles. The Balaban J connectivity index is 0.00000420. The van der Waals surface area contributed by atoms with Crippen molar-refractivity contribution in [2.75, 3.05) is 77.0 Å². The van der Waals surface area contributed by atoms with Crippen LogP contribution in [0, 0.1) is 0 Å². The van der Waals surface area contributed by atoms with Crippen LogP contribution in [-0.4, -0.2) is 96.6 Å². The number of halogens is 6. The summed E-state index contributed by atoms with van der Waals surface area (Å²) < 4.78 is 0. The monoisotopic (exact) mass is 738 g/mol. The average Bonchev–Trinajstić information content (AvgIpc) is 3.29. The fourth-order valence-corrected chi connectivity index (χ4v) is 7.72. The maximum absolute atomic E-state index is 6.03. The molecule has 0 N–H and O–H groups in total. The standard InChI is InChI=1S/C30H44Cl2N4S2.4ClH/c31-29-9-5-27(6-10-29)25-35-15-1-13-33(19-21-35)17-3-23-37-38-24-4-18-34-14-2-16-36(22-20-34)26-28-7-11-30(32)12-8-28;;;;/h5-12H,1-4,13-26H2;4*1H. The van der Waals surface area contributed by atoms with Crippen LogP contribution in [-0.2, 0) is 13.1 Å². The molecule has 0 amide bonds. The predicted molar refractivity (Wildman–Crippen MR) is 199 cm³/mol. The van der Waals surface area contributed by atoms with E-state index in [1.54, 1.807) is 0 Å². The van der Waals surface area contributed by atoms with Crippen LogP contribution in [0.2, 0.25) is 10.0 Å². The Labute approximate surface area is 297 Å². The topological polar surface area (TPSA) is 13.0 Å². The molecule has 4 rings (SSSR count). The summed E-state index contributed by atoms with van der Waals surface area (Å²) in [5.74, 6) is 2.53. The highest BCUT2D eigenvalue weighted by molar-refractivity contribution is 8.76. The quantitative estimate of drug-likeness (QED) is 0.150. The minimum absolute atomic E-state index is 0. The van der Waals surface area contributed by atoms with Crippen molar-refractivity contribution in [3.63, 3.8) is 0 Å². The fraction of sp³-hybridized carbons (Fsp3) is 0.600. The molecule has 0 unspecified atom stereocenters. The van der Waals surface area contributed by atoms with Gasteiger partial charge in [0, 0.05) is 60.8 Å². The van der Waals surface area contributed by atoms with Crippen molar-refractivity contribution in [3.8, 4) is 0 Å². The van der Waals surface area contributed by atoms with Gasteiger partial charge in [-0.3, -0.25) is 9.80 Å². The molecule has 2 saturated heterocycles. The molecule has 0 atom stereocenters. The average molecular weight is 742 g/mol. The lowest BCUT2D eigenvalue weighted by molar-refractivity contribution is 0.252. The summed E-state index contributed by atoms with van der Waals surface area (Å²) in [6.07, 6.45) is 5.13. The Bertz CT molecular complexity index is 854. The van der Waals surface area contributed by atoms with Crippen LogP contribution in [0.1, 0.15) is 36.8 Å². The van der Waals surface area contributed by atoms with Gasteiger partial charge in [-0.2, -0.15) is 0 Å². The molecule has 0 radical (unpaired) electrons. The molecule has 2 aromatic carbocycles. The van der Waals surface area contributed by atoms with E-state index in [0.717, 1.165) is 23.1 Å². The minimum Gasteiger partial charge on any atom is -0.302 e. The molecule has 0 aromatic heterocycles. The van der Waals surface area contributed by atoms with Gasteiger partial charge in [-0.25, -0.2) is 0 Å². The van der Waals surface area contributed by atoms with E-state index < -0.39 is 0 Å². The van der Waals surface area contributed by atoms with E-state index in [9.17, 15) is 0 Å².